The van der Waals surface area contributed by atoms with Crippen LogP contribution in [-0.4, -0.2) is 11.1 Å². The van der Waals surface area contributed by atoms with Crippen molar-refractivity contribution >= 4 is 5.97 Å². The lowest BCUT2D eigenvalue weighted by Gasteiger charge is -2.19. The van der Waals surface area contributed by atoms with Crippen LogP contribution in [0.1, 0.15) is 32.6 Å². The molecule has 0 radical (unpaired) electrons. The molecule has 0 aromatic rings. The van der Waals surface area contributed by atoms with Gasteiger partial charge >= 0.3 is 5.97 Å². The van der Waals surface area contributed by atoms with Crippen molar-refractivity contribution in [1.82, 2.24) is 0 Å². The number of hydrogen-bond acceptors (Lipinski definition) is 1. The summed E-state index contributed by atoms with van der Waals surface area (Å²) >= 11 is 0. The van der Waals surface area contributed by atoms with Gasteiger partial charge < -0.3 is 5.11 Å². The fraction of sp³-hybridized carbons (Fsp3) is 0.667. The third-order valence-electron chi connectivity index (χ3n) is 2.13. The SMILES string of the molecule is C[C@@H]1CCC/C(=C/C(=O)O)C1. The van der Waals surface area contributed by atoms with Crippen molar-refractivity contribution in [3.05, 3.63) is 11.6 Å². The number of allylic oxidation sites excluding steroid dienone is 1. The van der Waals surface area contributed by atoms with Crippen LogP contribution >= 0.6 is 0 Å². The van der Waals surface area contributed by atoms with Crippen LogP contribution in [0.2, 0.25) is 0 Å². The molecule has 1 aliphatic carbocycles. The molecule has 0 heterocycles. The molecule has 0 unspecified atom stereocenters. The fourth-order valence-electron chi connectivity index (χ4n) is 1.64. The molecule has 0 saturated heterocycles. The Kier molecular flexibility index (Phi) is 2.69. The largest absolute Gasteiger partial charge is 0.478 e. The van der Waals surface area contributed by atoms with Crippen molar-refractivity contribution in [1.29, 1.82) is 0 Å². The topological polar surface area (TPSA) is 37.3 Å². The highest BCUT2D eigenvalue weighted by Crippen LogP contribution is 2.27. The number of aliphatic carboxylic acids is 1. The van der Waals surface area contributed by atoms with Gasteiger partial charge in [0, 0.05) is 6.08 Å². The summed E-state index contributed by atoms with van der Waals surface area (Å²) in [5.41, 5.74) is 1.11. The van der Waals surface area contributed by atoms with E-state index in [0.717, 1.165) is 24.8 Å². The molecule has 0 amide bonds. The van der Waals surface area contributed by atoms with Crippen molar-refractivity contribution in [2.24, 2.45) is 5.92 Å². The summed E-state index contributed by atoms with van der Waals surface area (Å²) in [4.78, 5) is 10.3. The summed E-state index contributed by atoms with van der Waals surface area (Å²) in [5.74, 6) is -0.122. The Morgan fingerprint density at radius 2 is 2.45 bits per heavy atom. The molecule has 1 N–H and O–H groups in total. The summed E-state index contributed by atoms with van der Waals surface area (Å²) < 4.78 is 0. The summed E-state index contributed by atoms with van der Waals surface area (Å²) in [5, 5.41) is 8.48. The molecule has 0 aromatic carbocycles. The Bertz CT molecular complexity index is 182. The minimum atomic E-state index is -0.797. The molecule has 1 aliphatic rings. The summed E-state index contributed by atoms with van der Waals surface area (Å²) in [6.45, 7) is 2.18. The highest BCUT2D eigenvalue weighted by molar-refractivity contribution is 5.80. The predicted octanol–water partition coefficient (Wildman–Crippen LogP) is 2.21. The quantitative estimate of drug-likeness (QED) is 0.588. The second-order valence-electron chi connectivity index (χ2n) is 3.34. The molecule has 1 rings (SSSR count). The van der Waals surface area contributed by atoms with E-state index in [1.54, 1.807) is 0 Å². The van der Waals surface area contributed by atoms with E-state index < -0.39 is 5.97 Å². The maximum Gasteiger partial charge on any atom is 0.328 e. The zero-order valence-electron chi connectivity index (χ0n) is 6.84. The Labute approximate surface area is 66.9 Å². The second kappa shape index (κ2) is 3.56. The van der Waals surface area contributed by atoms with Gasteiger partial charge in [-0.25, -0.2) is 4.79 Å². The highest BCUT2D eigenvalue weighted by atomic mass is 16.4. The van der Waals surface area contributed by atoms with E-state index in [2.05, 4.69) is 6.92 Å². The van der Waals surface area contributed by atoms with E-state index in [9.17, 15) is 4.79 Å². The first kappa shape index (κ1) is 8.31. The molecule has 0 aliphatic heterocycles. The van der Waals surface area contributed by atoms with E-state index >= 15 is 0 Å². The van der Waals surface area contributed by atoms with Crippen molar-refractivity contribution < 1.29 is 9.90 Å². The first-order valence-electron chi connectivity index (χ1n) is 4.11. The Balaban J connectivity index is 2.52. The minimum Gasteiger partial charge on any atom is -0.478 e. The summed E-state index contributed by atoms with van der Waals surface area (Å²) in [6.07, 6.45) is 5.73. The van der Waals surface area contributed by atoms with E-state index in [1.165, 1.54) is 12.5 Å². The summed E-state index contributed by atoms with van der Waals surface area (Å²) in [7, 11) is 0. The lowest BCUT2D eigenvalue weighted by Crippen LogP contribution is -2.05. The van der Waals surface area contributed by atoms with E-state index in [1.807, 2.05) is 0 Å². The molecule has 11 heavy (non-hydrogen) atoms. The fourth-order valence-corrected chi connectivity index (χ4v) is 1.64. The van der Waals surface area contributed by atoms with Crippen molar-refractivity contribution in [3.63, 3.8) is 0 Å². The van der Waals surface area contributed by atoms with Gasteiger partial charge in [0.1, 0.15) is 0 Å². The van der Waals surface area contributed by atoms with Gasteiger partial charge in [0.25, 0.3) is 0 Å². The van der Waals surface area contributed by atoms with Crippen LogP contribution < -0.4 is 0 Å². The van der Waals surface area contributed by atoms with Gasteiger partial charge in [-0.1, -0.05) is 18.9 Å². The zero-order valence-corrected chi connectivity index (χ0v) is 6.84. The number of hydrogen-bond donors (Lipinski definition) is 1. The van der Waals surface area contributed by atoms with Crippen molar-refractivity contribution in [3.8, 4) is 0 Å². The van der Waals surface area contributed by atoms with Gasteiger partial charge in [-0.15, -0.1) is 0 Å². The maximum atomic E-state index is 10.3. The second-order valence-corrected chi connectivity index (χ2v) is 3.34. The minimum absolute atomic E-state index is 0.675. The summed E-state index contributed by atoms with van der Waals surface area (Å²) in [6, 6.07) is 0. The highest BCUT2D eigenvalue weighted by Gasteiger charge is 2.12. The molecule has 1 fully saturated rings. The van der Waals surface area contributed by atoms with Crippen LogP contribution in [-0.2, 0) is 4.79 Å². The molecule has 1 atom stereocenters. The number of carboxylic acids is 1. The lowest BCUT2D eigenvalue weighted by molar-refractivity contribution is -0.131. The number of carbonyl (C=O) groups is 1. The van der Waals surface area contributed by atoms with Crippen LogP contribution in [0.5, 0.6) is 0 Å². The number of carboxylic acid groups (broad SMARTS) is 1. The predicted molar refractivity (Wildman–Crippen MR) is 43.4 cm³/mol. The molecule has 2 heteroatoms. The normalized spacial score (nSPS) is 28.8. The van der Waals surface area contributed by atoms with Crippen LogP contribution in [0.15, 0.2) is 11.6 Å². The van der Waals surface area contributed by atoms with Gasteiger partial charge in [-0.2, -0.15) is 0 Å². The first-order chi connectivity index (χ1) is 5.18. The van der Waals surface area contributed by atoms with Crippen LogP contribution in [0.3, 0.4) is 0 Å². The van der Waals surface area contributed by atoms with E-state index in [4.69, 9.17) is 5.11 Å². The number of rotatable bonds is 1. The van der Waals surface area contributed by atoms with Gasteiger partial charge in [0.05, 0.1) is 0 Å². The monoisotopic (exact) mass is 154 g/mol. The van der Waals surface area contributed by atoms with Crippen LogP contribution in [0.4, 0.5) is 0 Å². The average molecular weight is 154 g/mol. The van der Waals surface area contributed by atoms with Gasteiger partial charge in [0.2, 0.25) is 0 Å². The molecule has 1 saturated carbocycles. The standard InChI is InChI=1S/C9H14O2/c1-7-3-2-4-8(5-7)6-9(10)11/h6-7H,2-5H2,1H3,(H,10,11)/b8-6-/t7-/m1/s1. The third kappa shape index (κ3) is 2.74. The smallest absolute Gasteiger partial charge is 0.328 e. The Hall–Kier alpha value is -0.790. The van der Waals surface area contributed by atoms with Gasteiger partial charge in [-0.3, -0.25) is 0 Å². The lowest BCUT2D eigenvalue weighted by atomic mass is 9.87. The Morgan fingerprint density at radius 3 is 3.00 bits per heavy atom. The van der Waals surface area contributed by atoms with Crippen molar-refractivity contribution in [2.45, 2.75) is 32.6 Å². The van der Waals surface area contributed by atoms with E-state index in [-0.39, 0.29) is 0 Å². The van der Waals surface area contributed by atoms with Gasteiger partial charge in [-0.05, 0) is 25.2 Å². The Morgan fingerprint density at radius 1 is 1.73 bits per heavy atom. The molecule has 0 spiro atoms. The van der Waals surface area contributed by atoms with Crippen LogP contribution in [0.25, 0.3) is 0 Å². The maximum absolute atomic E-state index is 10.3. The average Bonchev–Trinajstić information content (AvgIpc) is 1.85. The molecule has 62 valence electrons. The van der Waals surface area contributed by atoms with Crippen molar-refractivity contribution in [2.75, 3.05) is 0 Å². The third-order valence-corrected chi connectivity index (χ3v) is 2.13. The molecule has 0 aromatic heterocycles. The van der Waals surface area contributed by atoms with Crippen LogP contribution in [0, 0.1) is 5.92 Å². The molecular weight excluding hydrogens is 140 g/mol. The molecular formula is C9H14O2. The van der Waals surface area contributed by atoms with E-state index in [0.29, 0.717) is 5.92 Å². The molecule has 0 bridgehead atoms. The molecule has 2 nitrogen and oxygen atoms in total. The zero-order chi connectivity index (χ0) is 8.27. The van der Waals surface area contributed by atoms with Gasteiger partial charge in [0.15, 0.2) is 0 Å². The first-order valence-corrected chi connectivity index (χ1v) is 4.11.